The number of benzene rings is 1. The first-order valence-electron chi connectivity index (χ1n) is 5.31. The maximum absolute atomic E-state index is 12.7. The molecule has 0 spiro atoms. The first-order chi connectivity index (χ1) is 9.10. The van der Waals surface area contributed by atoms with Crippen LogP contribution in [0.5, 0.6) is 17.4 Å². The molecule has 0 bridgehead atoms. The molecule has 2 rings (SSSR count). The molecule has 0 radical (unpaired) electrons. The van der Waals surface area contributed by atoms with E-state index in [0.29, 0.717) is 5.75 Å². The van der Waals surface area contributed by atoms with Crippen LogP contribution < -0.4 is 9.47 Å². The van der Waals surface area contributed by atoms with Gasteiger partial charge in [0.25, 0.3) is 0 Å². The predicted octanol–water partition coefficient (Wildman–Crippen LogP) is 2.72. The van der Waals surface area contributed by atoms with Crippen molar-refractivity contribution in [3.63, 3.8) is 0 Å². The number of hydrogen-bond acceptors (Lipinski definition) is 4. The average Bonchev–Trinajstić information content (AvgIpc) is 2.41. The molecule has 0 atom stereocenters. The average molecular weight is 263 g/mol. The lowest BCUT2D eigenvalue weighted by molar-refractivity contribution is 0.0696. The van der Waals surface area contributed by atoms with Crippen molar-refractivity contribution in [2.75, 3.05) is 7.11 Å². The van der Waals surface area contributed by atoms with Crippen LogP contribution in [0.2, 0.25) is 0 Å². The molecule has 1 aromatic carbocycles. The Morgan fingerprint density at radius 2 is 2.05 bits per heavy atom. The van der Waals surface area contributed by atoms with Gasteiger partial charge in [0, 0.05) is 6.07 Å². The highest BCUT2D eigenvalue weighted by Crippen LogP contribution is 2.31. The molecule has 5 nitrogen and oxygen atoms in total. The number of aromatic carboxylic acids is 1. The smallest absolute Gasteiger partial charge is 0.335 e. The molecular formula is C13H10FNO4. The Morgan fingerprint density at radius 1 is 1.26 bits per heavy atom. The number of carboxylic acid groups (broad SMARTS) is 1. The standard InChI is InChI=1S/C13H10FNO4/c1-18-11-6-8(13(16)17)2-4-10(11)19-12-5-3-9(14)7-15-12/h2-7H,1H3,(H,16,17). The van der Waals surface area contributed by atoms with E-state index in [1.54, 1.807) is 0 Å². The number of carboxylic acids is 1. The molecule has 0 amide bonds. The van der Waals surface area contributed by atoms with E-state index < -0.39 is 11.8 Å². The van der Waals surface area contributed by atoms with Gasteiger partial charge in [-0.25, -0.2) is 14.2 Å². The van der Waals surface area contributed by atoms with E-state index in [1.807, 2.05) is 0 Å². The third-order valence-corrected chi connectivity index (χ3v) is 2.33. The Labute approximate surface area is 108 Å². The summed E-state index contributed by atoms with van der Waals surface area (Å²) in [5.74, 6) is -0.800. The third kappa shape index (κ3) is 2.98. The number of halogens is 1. The summed E-state index contributed by atoms with van der Waals surface area (Å²) in [6, 6.07) is 6.73. The molecule has 1 N–H and O–H groups in total. The van der Waals surface area contributed by atoms with Crippen molar-refractivity contribution < 1.29 is 23.8 Å². The number of carbonyl (C=O) groups is 1. The number of nitrogens with zero attached hydrogens (tertiary/aromatic N) is 1. The van der Waals surface area contributed by atoms with Crippen LogP contribution in [0, 0.1) is 5.82 Å². The zero-order chi connectivity index (χ0) is 13.8. The fourth-order valence-electron chi connectivity index (χ4n) is 1.42. The van der Waals surface area contributed by atoms with Gasteiger partial charge in [-0.15, -0.1) is 0 Å². The fourth-order valence-corrected chi connectivity index (χ4v) is 1.42. The molecule has 0 unspecified atom stereocenters. The Balaban J connectivity index is 2.29. The minimum absolute atomic E-state index is 0.0799. The van der Waals surface area contributed by atoms with Gasteiger partial charge in [-0.2, -0.15) is 0 Å². The molecule has 1 aromatic heterocycles. The monoisotopic (exact) mass is 263 g/mol. The Kier molecular flexibility index (Phi) is 3.61. The molecule has 0 saturated heterocycles. The van der Waals surface area contributed by atoms with Crippen LogP contribution >= 0.6 is 0 Å². The van der Waals surface area contributed by atoms with Crippen molar-refractivity contribution in [2.24, 2.45) is 0 Å². The van der Waals surface area contributed by atoms with E-state index in [0.717, 1.165) is 6.20 Å². The van der Waals surface area contributed by atoms with E-state index in [2.05, 4.69) is 4.98 Å². The van der Waals surface area contributed by atoms with Crippen LogP contribution in [0.15, 0.2) is 36.5 Å². The number of rotatable bonds is 4. The van der Waals surface area contributed by atoms with E-state index in [9.17, 15) is 9.18 Å². The van der Waals surface area contributed by atoms with Gasteiger partial charge in [0.05, 0.1) is 18.9 Å². The van der Waals surface area contributed by atoms with Crippen LogP contribution in [0.25, 0.3) is 0 Å². The molecule has 6 heteroatoms. The lowest BCUT2D eigenvalue weighted by Gasteiger charge is -2.10. The fraction of sp³-hybridized carbons (Fsp3) is 0.0769. The normalized spacial score (nSPS) is 10.0. The minimum Gasteiger partial charge on any atom is -0.493 e. The van der Waals surface area contributed by atoms with Crippen molar-refractivity contribution in [3.8, 4) is 17.4 Å². The second kappa shape index (κ2) is 5.34. The number of aromatic nitrogens is 1. The maximum atomic E-state index is 12.7. The molecule has 0 fully saturated rings. The minimum atomic E-state index is -1.07. The van der Waals surface area contributed by atoms with Crippen molar-refractivity contribution in [3.05, 3.63) is 47.9 Å². The lowest BCUT2D eigenvalue weighted by Crippen LogP contribution is -1.98. The highest BCUT2D eigenvalue weighted by atomic mass is 19.1. The predicted molar refractivity (Wildman–Crippen MR) is 64.2 cm³/mol. The van der Waals surface area contributed by atoms with Gasteiger partial charge >= 0.3 is 5.97 Å². The summed E-state index contributed by atoms with van der Waals surface area (Å²) in [7, 11) is 1.39. The maximum Gasteiger partial charge on any atom is 0.335 e. The molecule has 2 aromatic rings. The summed E-state index contributed by atoms with van der Waals surface area (Å²) in [5.41, 5.74) is 0.0799. The highest BCUT2D eigenvalue weighted by molar-refractivity contribution is 5.88. The summed E-state index contributed by atoms with van der Waals surface area (Å²) in [4.78, 5) is 14.6. The van der Waals surface area contributed by atoms with Crippen molar-refractivity contribution >= 4 is 5.97 Å². The zero-order valence-corrected chi connectivity index (χ0v) is 9.96. The number of methoxy groups -OCH3 is 1. The second-order valence-electron chi connectivity index (χ2n) is 3.59. The van der Waals surface area contributed by atoms with Gasteiger partial charge in [0.2, 0.25) is 5.88 Å². The van der Waals surface area contributed by atoms with Gasteiger partial charge < -0.3 is 14.6 Å². The van der Waals surface area contributed by atoms with E-state index in [1.165, 1.54) is 37.4 Å². The second-order valence-corrected chi connectivity index (χ2v) is 3.59. The largest absolute Gasteiger partial charge is 0.493 e. The van der Waals surface area contributed by atoms with Gasteiger partial charge in [-0.05, 0) is 24.3 Å². The summed E-state index contributed by atoms with van der Waals surface area (Å²) >= 11 is 0. The van der Waals surface area contributed by atoms with Gasteiger partial charge in [-0.3, -0.25) is 0 Å². The molecule has 1 heterocycles. The van der Waals surface area contributed by atoms with Gasteiger partial charge in [0.15, 0.2) is 11.5 Å². The number of ether oxygens (including phenoxy) is 2. The van der Waals surface area contributed by atoms with Gasteiger partial charge in [-0.1, -0.05) is 0 Å². The number of pyridine rings is 1. The van der Waals surface area contributed by atoms with Crippen LogP contribution in [0.3, 0.4) is 0 Å². The molecule has 0 aliphatic carbocycles. The zero-order valence-electron chi connectivity index (χ0n) is 9.96. The summed E-state index contributed by atoms with van der Waals surface area (Å²) in [6.45, 7) is 0. The van der Waals surface area contributed by atoms with Crippen LogP contribution in [0.4, 0.5) is 4.39 Å². The Hall–Kier alpha value is -2.63. The van der Waals surface area contributed by atoms with E-state index in [4.69, 9.17) is 14.6 Å². The third-order valence-electron chi connectivity index (χ3n) is 2.33. The van der Waals surface area contributed by atoms with Crippen molar-refractivity contribution in [1.29, 1.82) is 0 Å². The molecule has 98 valence electrons. The quantitative estimate of drug-likeness (QED) is 0.918. The molecule has 0 aliphatic rings. The van der Waals surface area contributed by atoms with Crippen molar-refractivity contribution in [1.82, 2.24) is 4.98 Å². The lowest BCUT2D eigenvalue weighted by atomic mass is 10.2. The first kappa shape index (κ1) is 12.8. The highest BCUT2D eigenvalue weighted by Gasteiger charge is 2.11. The van der Waals surface area contributed by atoms with Crippen LogP contribution in [0.1, 0.15) is 10.4 Å². The summed E-state index contributed by atoms with van der Waals surface area (Å²) in [5, 5.41) is 8.87. The summed E-state index contributed by atoms with van der Waals surface area (Å²) in [6.07, 6.45) is 1.02. The SMILES string of the molecule is COc1cc(C(=O)O)ccc1Oc1ccc(F)cn1. The van der Waals surface area contributed by atoms with Crippen LogP contribution in [-0.4, -0.2) is 23.2 Å². The topological polar surface area (TPSA) is 68.7 Å². The van der Waals surface area contributed by atoms with Crippen LogP contribution in [-0.2, 0) is 0 Å². The molecule has 19 heavy (non-hydrogen) atoms. The molecule has 0 saturated carbocycles. The van der Waals surface area contributed by atoms with E-state index >= 15 is 0 Å². The molecular weight excluding hydrogens is 253 g/mol. The molecule has 0 aliphatic heterocycles. The summed E-state index contributed by atoms with van der Waals surface area (Å²) < 4.78 is 23.1. The Morgan fingerprint density at radius 3 is 2.63 bits per heavy atom. The van der Waals surface area contributed by atoms with Crippen molar-refractivity contribution in [2.45, 2.75) is 0 Å². The number of hydrogen-bond donors (Lipinski definition) is 1. The van der Waals surface area contributed by atoms with E-state index in [-0.39, 0.29) is 17.2 Å². The Bertz CT molecular complexity index is 598. The first-order valence-corrected chi connectivity index (χ1v) is 5.31. The van der Waals surface area contributed by atoms with Gasteiger partial charge in [0.1, 0.15) is 5.82 Å².